The summed E-state index contributed by atoms with van der Waals surface area (Å²) in [4.78, 5) is 26.2. The number of hydrogen-bond acceptors (Lipinski definition) is 7. The highest BCUT2D eigenvalue weighted by Crippen LogP contribution is 2.19. The molecule has 3 rings (SSSR count). The van der Waals surface area contributed by atoms with Gasteiger partial charge in [0.1, 0.15) is 5.69 Å². The molecule has 0 aromatic carbocycles. The molecule has 1 aliphatic heterocycles. The fourth-order valence-corrected chi connectivity index (χ4v) is 2.44. The van der Waals surface area contributed by atoms with Crippen LogP contribution in [0.1, 0.15) is 10.5 Å². The number of nitrogens with one attached hydrogen (secondary N) is 1. The first kappa shape index (κ1) is 15.3. The Balaban J connectivity index is 1.66. The number of carbonyl (C=O) groups is 1. The van der Waals surface area contributed by atoms with Crippen LogP contribution < -0.4 is 16.0 Å². The van der Waals surface area contributed by atoms with Gasteiger partial charge in [0.25, 0.3) is 5.91 Å². The van der Waals surface area contributed by atoms with Crippen molar-refractivity contribution in [2.24, 2.45) is 11.8 Å². The van der Waals surface area contributed by atoms with E-state index in [2.05, 4.69) is 26.9 Å². The van der Waals surface area contributed by atoms with Gasteiger partial charge in [-0.05, 0) is 13.1 Å². The van der Waals surface area contributed by atoms with Crippen molar-refractivity contribution in [1.29, 1.82) is 0 Å². The van der Waals surface area contributed by atoms with Crippen LogP contribution in [-0.2, 0) is 0 Å². The summed E-state index contributed by atoms with van der Waals surface area (Å²) in [5.74, 6) is 5.75. The molecule has 3 N–H and O–H groups in total. The first-order valence-electron chi connectivity index (χ1n) is 7.26. The first-order valence-corrected chi connectivity index (χ1v) is 7.26. The third-order valence-electron chi connectivity index (χ3n) is 3.64. The zero-order valence-corrected chi connectivity index (χ0v) is 12.8. The lowest BCUT2D eigenvalue weighted by atomic mass is 10.0. The molecule has 1 saturated heterocycles. The van der Waals surface area contributed by atoms with Gasteiger partial charge < -0.3 is 9.64 Å². The second-order valence-corrected chi connectivity index (χ2v) is 5.55. The van der Waals surface area contributed by atoms with E-state index in [1.54, 1.807) is 18.5 Å². The number of nitrogen functional groups attached to an aromatic ring is 1. The van der Waals surface area contributed by atoms with Crippen molar-refractivity contribution in [1.82, 2.24) is 25.3 Å². The lowest BCUT2D eigenvalue weighted by Crippen LogP contribution is -2.46. The van der Waals surface area contributed by atoms with Gasteiger partial charge in [0.15, 0.2) is 0 Å². The number of pyridine rings is 1. The molecule has 120 valence electrons. The number of hydrazine groups is 1. The van der Waals surface area contributed by atoms with E-state index in [9.17, 15) is 4.79 Å². The Morgan fingerprint density at radius 3 is 2.87 bits per heavy atom. The average Bonchev–Trinajstić information content (AvgIpc) is 2.57. The maximum atomic E-state index is 11.5. The topological polar surface area (TPSA) is 106 Å². The molecule has 8 heteroatoms. The Morgan fingerprint density at radius 2 is 2.22 bits per heavy atom. The van der Waals surface area contributed by atoms with Gasteiger partial charge in [-0.25, -0.2) is 15.8 Å². The largest absolute Gasteiger partial charge is 0.477 e. The van der Waals surface area contributed by atoms with E-state index >= 15 is 0 Å². The van der Waals surface area contributed by atoms with Gasteiger partial charge in [-0.15, -0.1) is 0 Å². The summed E-state index contributed by atoms with van der Waals surface area (Å²) in [6.45, 7) is 2.79. The van der Waals surface area contributed by atoms with Crippen molar-refractivity contribution in [2.45, 2.75) is 0 Å². The van der Waals surface area contributed by atoms with Crippen LogP contribution in [0.3, 0.4) is 0 Å². The molecule has 2 aromatic rings. The number of aromatic nitrogens is 3. The predicted octanol–water partition coefficient (Wildman–Crippen LogP) is 0.0825. The van der Waals surface area contributed by atoms with E-state index < -0.39 is 5.91 Å². The first-order chi connectivity index (χ1) is 11.2. The second-order valence-electron chi connectivity index (χ2n) is 5.55. The summed E-state index contributed by atoms with van der Waals surface area (Å²) >= 11 is 0. The van der Waals surface area contributed by atoms with Gasteiger partial charge in [0.2, 0.25) is 5.88 Å². The number of rotatable bonds is 5. The van der Waals surface area contributed by atoms with Gasteiger partial charge in [-0.2, -0.15) is 0 Å². The van der Waals surface area contributed by atoms with Gasteiger partial charge >= 0.3 is 0 Å². The van der Waals surface area contributed by atoms with E-state index in [1.165, 1.54) is 6.20 Å². The van der Waals surface area contributed by atoms with E-state index in [1.807, 2.05) is 11.5 Å². The van der Waals surface area contributed by atoms with Crippen LogP contribution in [0.15, 0.2) is 30.7 Å². The molecular formula is C15H18N6O2. The monoisotopic (exact) mass is 314 g/mol. The highest BCUT2D eigenvalue weighted by atomic mass is 16.5. The van der Waals surface area contributed by atoms with Crippen LogP contribution in [0.2, 0.25) is 0 Å². The Labute approximate surface area is 133 Å². The van der Waals surface area contributed by atoms with Crippen LogP contribution in [-0.4, -0.2) is 52.5 Å². The molecule has 0 bridgehead atoms. The van der Waals surface area contributed by atoms with E-state index in [0.717, 1.165) is 18.7 Å². The zero-order chi connectivity index (χ0) is 16.2. The molecule has 2 aromatic heterocycles. The van der Waals surface area contributed by atoms with Crippen LogP contribution in [0.4, 0.5) is 0 Å². The number of nitrogens with zero attached hydrogens (tertiary/aromatic N) is 4. The van der Waals surface area contributed by atoms with Crippen LogP contribution in [0.5, 0.6) is 5.88 Å². The molecule has 23 heavy (non-hydrogen) atoms. The molecule has 0 radical (unpaired) electrons. The van der Waals surface area contributed by atoms with E-state index in [0.29, 0.717) is 24.1 Å². The third kappa shape index (κ3) is 3.61. The maximum Gasteiger partial charge on any atom is 0.285 e. The molecule has 1 fully saturated rings. The minimum Gasteiger partial charge on any atom is -0.477 e. The zero-order valence-electron chi connectivity index (χ0n) is 12.8. The summed E-state index contributed by atoms with van der Waals surface area (Å²) in [5.41, 5.74) is 3.48. The molecule has 0 saturated carbocycles. The predicted molar refractivity (Wildman–Crippen MR) is 83.4 cm³/mol. The number of nitrogens with two attached hydrogens (primary N) is 1. The molecular weight excluding hydrogens is 296 g/mol. The Morgan fingerprint density at radius 1 is 1.39 bits per heavy atom. The van der Waals surface area contributed by atoms with Crippen molar-refractivity contribution < 1.29 is 9.53 Å². The smallest absolute Gasteiger partial charge is 0.285 e. The number of hydrogen-bond donors (Lipinski definition) is 2. The Bertz CT molecular complexity index is 685. The van der Waals surface area contributed by atoms with Crippen molar-refractivity contribution in [3.63, 3.8) is 0 Å². The second kappa shape index (κ2) is 6.67. The molecule has 0 aliphatic carbocycles. The van der Waals surface area contributed by atoms with E-state index in [4.69, 9.17) is 10.6 Å². The van der Waals surface area contributed by atoms with Crippen LogP contribution in [0, 0.1) is 5.92 Å². The SMILES string of the molecule is CN1CC(COc2ccc(-c3cncc(C(=O)NN)n3)cn2)C1. The van der Waals surface area contributed by atoms with Crippen molar-refractivity contribution in [3.8, 4) is 17.1 Å². The molecule has 8 nitrogen and oxygen atoms in total. The fourth-order valence-electron chi connectivity index (χ4n) is 2.44. The number of likely N-dealkylation sites (tertiary alicyclic amines) is 1. The minimum atomic E-state index is -0.488. The summed E-state index contributed by atoms with van der Waals surface area (Å²) < 4.78 is 5.67. The summed E-state index contributed by atoms with van der Waals surface area (Å²) in [7, 11) is 2.09. The molecule has 1 aliphatic rings. The van der Waals surface area contributed by atoms with Gasteiger partial charge in [0.05, 0.1) is 24.7 Å². The quantitative estimate of drug-likeness (QED) is 0.457. The highest BCUT2D eigenvalue weighted by molar-refractivity contribution is 5.91. The Kier molecular flexibility index (Phi) is 4.45. The standard InChI is InChI=1S/C15H18N6O2/c1-21-7-10(8-21)9-23-14-3-2-11(4-18-14)12-5-17-6-13(19-12)15(22)20-16/h2-6,10H,7-9,16H2,1H3,(H,20,22). The lowest BCUT2D eigenvalue weighted by Gasteiger charge is -2.35. The fraction of sp³-hybridized carbons (Fsp3) is 0.333. The van der Waals surface area contributed by atoms with Crippen molar-refractivity contribution in [3.05, 3.63) is 36.4 Å². The molecule has 1 amide bonds. The van der Waals surface area contributed by atoms with Gasteiger partial charge in [-0.1, -0.05) is 0 Å². The van der Waals surface area contributed by atoms with Gasteiger partial charge in [-0.3, -0.25) is 15.2 Å². The summed E-state index contributed by atoms with van der Waals surface area (Å²) in [6.07, 6.45) is 4.57. The summed E-state index contributed by atoms with van der Waals surface area (Å²) in [6, 6.07) is 3.62. The lowest BCUT2D eigenvalue weighted by molar-refractivity contribution is 0.0839. The molecule has 0 atom stereocenters. The normalized spacial score (nSPS) is 15.0. The minimum absolute atomic E-state index is 0.152. The molecule has 0 spiro atoms. The number of ether oxygens (including phenoxy) is 1. The van der Waals surface area contributed by atoms with Crippen molar-refractivity contribution in [2.75, 3.05) is 26.7 Å². The molecule has 0 unspecified atom stereocenters. The van der Waals surface area contributed by atoms with Crippen molar-refractivity contribution >= 4 is 5.91 Å². The average molecular weight is 314 g/mol. The van der Waals surface area contributed by atoms with E-state index in [-0.39, 0.29) is 5.69 Å². The summed E-state index contributed by atoms with van der Waals surface area (Å²) in [5, 5.41) is 0. The maximum absolute atomic E-state index is 11.5. The van der Waals surface area contributed by atoms with Crippen LogP contribution in [0.25, 0.3) is 11.3 Å². The molecule has 3 heterocycles. The van der Waals surface area contributed by atoms with Gasteiger partial charge in [0, 0.05) is 36.8 Å². The third-order valence-corrected chi connectivity index (χ3v) is 3.64. The highest BCUT2D eigenvalue weighted by Gasteiger charge is 2.23. The Hall–Kier alpha value is -2.58. The number of amides is 1. The number of carbonyl (C=O) groups excluding carboxylic acids is 1. The van der Waals surface area contributed by atoms with Crippen LogP contribution >= 0.6 is 0 Å².